The topological polar surface area (TPSA) is 105 Å². The zero-order chi connectivity index (χ0) is 25.0. The van der Waals surface area contributed by atoms with E-state index >= 15 is 0 Å². The van der Waals surface area contributed by atoms with E-state index in [0.717, 1.165) is 9.26 Å². The minimum Gasteiger partial charge on any atom is -0.479 e. The highest BCUT2D eigenvalue weighted by atomic mass is 127. The van der Waals surface area contributed by atoms with Crippen LogP contribution in [-0.4, -0.2) is 61.5 Å². The number of hydrogen-bond acceptors (Lipinski definition) is 7. The van der Waals surface area contributed by atoms with Gasteiger partial charge in [0.05, 0.1) is 9.92 Å². The fourth-order valence-corrected chi connectivity index (χ4v) is 5.29. The molecule has 0 spiro atoms. The second-order valence-corrected chi connectivity index (χ2v) is 11.0. The Bertz CT molecular complexity index is 1290. The molecule has 1 aromatic heterocycles. The Morgan fingerprint density at radius 1 is 1.11 bits per heavy atom. The highest BCUT2D eigenvalue weighted by molar-refractivity contribution is 14.1. The molecular formula is C23H23ClIN5O4S. The lowest BCUT2D eigenvalue weighted by Gasteiger charge is -2.37. The smallest absolute Gasteiger partial charge is 0.263 e. The van der Waals surface area contributed by atoms with E-state index in [9.17, 15) is 13.2 Å². The third-order valence-electron chi connectivity index (χ3n) is 5.49. The van der Waals surface area contributed by atoms with Gasteiger partial charge >= 0.3 is 0 Å². The molecule has 2 aromatic carbocycles. The maximum absolute atomic E-state index is 12.9. The highest BCUT2D eigenvalue weighted by Gasteiger charge is 2.27. The van der Waals surface area contributed by atoms with Gasteiger partial charge in [-0.15, -0.1) is 0 Å². The van der Waals surface area contributed by atoms with Gasteiger partial charge in [-0.2, -0.15) is 0 Å². The van der Waals surface area contributed by atoms with Crippen LogP contribution in [0.1, 0.15) is 6.92 Å². The van der Waals surface area contributed by atoms with Gasteiger partial charge in [0, 0.05) is 41.6 Å². The van der Waals surface area contributed by atoms with Crippen molar-refractivity contribution >= 4 is 61.6 Å². The van der Waals surface area contributed by atoms with E-state index in [-0.39, 0.29) is 16.6 Å². The standard InChI is InChI=1S/C23H23ClIN5O4S/c1-16(34-20-4-2-3-19(25)22(20)24)23(31)30-13-11-29(12-14-30)17-5-7-18(8-6-17)35(32,33)28-21-9-10-26-15-27-21/h2-10,15-16H,11-14H2,1H3,(H,26,27,28). The molecule has 1 N–H and O–H groups in total. The van der Waals surface area contributed by atoms with Crippen LogP contribution >= 0.6 is 34.2 Å². The second-order valence-electron chi connectivity index (χ2n) is 7.82. The molecule has 3 aromatic rings. The van der Waals surface area contributed by atoms with Gasteiger partial charge in [-0.05, 0) is 72.0 Å². The number of anilines is 2. The monoisotopic (exact) mass is 627 g/mol. The van der Waals surface area contributed by atoms with Crippen molar-refractivity contribution in [2.45, 2.75) is 17.9 Å². The number of hydrogen-bond donors (Lipinski definition) is 1. The van der Waals surface area contributed by atoms with Gasteiger partial charge < -0.3 is 14.5 Å². The summed E-state index contributed by atoms with van der Waals surface area (Å²) in [5.41, 5.74) is 0.882. The van der Waals surface area contributed by atoms with Gasteiger partial charge in [0.2, 0.25) is 0 Å². The highest BCUT2D eigenvalue weighted by Crippen LogP contribution is 2.30. The zero-order valence-corrected chi connectivity index (χ0v) is 22.5. The summed E-state index contributed by atoms with van der Waals surface area (Å²) in [6.45, 7) is 4.02. The average molecular weight is 628 g/mol. The first-order valence-corrected chi connectivity index (χ1v) is 13.7. The Labute approximate surface area is 222 Å². The number of sulfonamides is 1. The predicted molar refractivity (Wildman–Crippen MR) is 142 cm³/mol. The molecule has 0 aliphatic carbocycles. The largest absolute Gasteiger partial charge is 0.479 e. The van der Waals surface area contributed by atoms with Gasteiger partial charge in [-0.25, -0.2) is 18.4 Å². The van der Waals surface area contributed by atoms with E-state index in [2.05, 4.69) is 42.2 Å². The molecule has 4 rings (SSSR count). The molecule has 0 radical (unpaired) electrons. The van der Waals surface area contributed by atoms with Crippen molar-refractivity contribution in [2.75, 3.05) is 35.8 Å². The number of halogens is 2. The number of nitrogens with one attached hydrogen (secondary N) is 1. The summed E-state index contributed by atoms with van der Waals surface area (Å²) in [5, 5.41) is 0.496. The molecule has 1 saturated heterocycles. The zero-order valence-electron chi connectivity index (χ0n) is 18.8. The van der Waals surface area contributed by atoms with Crippen molar-refractivity contribution in [3.05, 3.63) is 69.6 Å². The number of carbonyl (C=O) groups excluding carboxylic acids is 1. The Morgan fingerprint density at radius 2 is 1.83 bits per heavy atom. The number of ether oxygens (including phenoxy) is 1. The van der Waals surface area contributed by atoms with Crippen LogP contribution in [0, 0.1) is 3.57 Å². The number of benzene rings is 2. The van der Waals surface area contributed by atoms with Crippen LogP contribution in [0.4, 0.5) is 11.5 Å². The molecule has 0 saturated carbocycles. The molecular weight excluding hydrogens is 605 g/mol. The SMILES string of the molecule is CC(Oc1cccc(I)c1Cl)C(=O)N1CCN(c2ccc(S(=O)(=O)Nc3ccncn3)cc2)CC1. The number of nitrogens with zero attached hydrogens (tertiary/aromatic N) is 4. The van der Waals surface area contributed by atoms with Crippen LogP contribution in [0.15, 0.2) is 66.0 Å². The van der Waals surface area contributed by atoms with Gasteiger partial charge in [0.15, 0.2) is 6.10 Å². The number of piperazine rings is 1. The van der Waals surface area contributed by atoms with E-state index in [4.69, 9.17) is 16.3 Å². The second kappa shape index (κ2) is 11.0. The van der Waals surface area contributed by atoms with Crippen LogP contribution < -0.4 is 14.4 Å². The minimum atomic E-state index is -3.76. The van der Waals surface area contributed by atoms with E-state index in [1.807, 2.05) is 12.1 Å². The first kappa shape index (κ1) is 25.5. The van der Waals surface area contributed by atoms with Crippen molar-refractivity contribution in [1.29, 1.82) is 0 Å². The molecule has 1 amide bonds. The van der Waals surface area contributed by atoms with Gasteiger partial charge in [0.25, 0.3) is 15.9 Å². The molecule has 1 aliphatic heterocycles. The molecule has 9 nitrogen and oxygen atoms in total. The summed E-state index contributed by atoms with van der Waals surface area (Å²) < 4.78 is 34.3. The normalized spacial score (nSPS) is 14.9. The predicted octanol–water partition coefficient (Wildman–Crippen LogP) is 3.65. The summed E-state index contributed by atoms with van der Waals surface area (Å²) in [4.78, 5) is 24.6. The lowest BCUT2D eigenvalue weighted by atomic mass is 10.2. The van der Waals surface area contributed by atoms with Crippen LogP contribution in [0.3, 0.4) is 0 Å². The third-order valence-corrected chi connectivity index (χ3v) is 8.47. The van der Waals surface area contributed by atoms with Gasteiger partial charge in [0.1, 0.15) is 17.9 Å². The van der Waals surface area contributed by atoms with Crippen molar-refractivity contribution in [3.63, 3.8) is 0 Å². The van der Waals surface area contributed by atoms with E-state index < -0.39 is 16.1 Å². The Balaban J connectivity index is 1.33. The molecule has 184 valence electrons. The van der Waals surface area contributed by atoms with E-state index in [1.54, 1.807) is 42.2 Å². The van der Waals surface area contributed by atoms with Crippen molar-refractivity contribution < 1.29 is 17.9 Å². The van der Waals surface area contributed by atoms with E-state index in [1.165, 1.54) is 18.6 Å². The lowest BCUT2D eigenvalue weighted by Crippen LogP contribution is -2.52. The molecule has 1 atom stereocenters. The fraction of sp³-hybridized carbons (Fsp3) is 0.261. The van der Waals surface area contributed by atoms with Crippen LogP contribution in [0.25, 0.3) is 0 Å². The first-order valence-electron chi connectivity index (χ1n) is 10.8. The summed E-state index contributed by atoms with van der Waals surface area (Å²) in [5.74, 6) is 0.589. The maximum Gasteiger partial charge on any atom is 0.263 e. The summed E-state index contributed by atoms with van der Waals surface area (Å²) in [7, 11) is -3.76. The van der Waals surface area contributed by atoms with Gasteiger partial charge in [-0.1, -0.05) is 17.7 Å². The number of rotatable bonds is 7. The molecule has 12 heteroatoms. The molecule has 0 bridgehead atoms. The molecule has 2 heterocycles. The number of amides is 1. The maximum atomic E-state index is 12.9. The Morgan fingerprint density at radius 3 is 2.49 bits per heavy atom. The Hall–Kier alpha value is -2.64. The third kappa shape index (κ3) is 6.14. The van der Waals surface area contributed by atoms with Gasteiger partial charge in [-0.3, -0.25) is 9.52 Å². The molecule has 1 unspecified atom stereocenters. The summed E-state index contributed by atoms with van der Waals surface area (Å²) >= 11 is 8.40. The minimum absolute atomic E-state index is 0.100. The van der Waals surface area contributed by atoms with Crippen LogP contribution in [0.2, 0.25) is 5.02 Å². The van der Waals surface area contributed by atoms with Crippen molar-refractivity contribution in [2.24, 2.45) is 0 Å². The quantitative estimate of drug-likeness (QED) is 0.399. The van der Waals surface area contributed by atoms with Crippen molar-refractivity contribution in [1.82, 2.24) is 14.9 Å². The number of carbonyl (C=O) groups is 1. The van der Waals surface area contributed by atoms with E-state index in [0.29, 0.717) is 37.0 Å². The molecule has 35 heavy (non-hydrogen) atoms. The molecule has 1 aliphatic rings. The number of aromatic nitrogens is 2. The average Bonchev–Trinajstić information content (AvgIpc) is 2.87. The summed E-state index contributed by atoms with van der Waals surface area (Å²) in [6.07, 6.45) is 2.07. The fourth-order valence-electron chi connectivity index (χ4n) is 3.64. The molecule has 1 fully saturated rings. The van der Waals surface area contributed by atoms with Crippen LogP contribution in [-0.2, 0) is 14.8 Å². The van der Waals surface area contributed by atoms with Crippen molar-refractivity contribution in [3.8, 4) is 5.75 Å². The lowest BCUT2D eigenvalue weighted by molar-refractivity contribution is -0.138. The summed E-state index contributed by atoms with van der Waals surface area (Å²) in [6, 6.07) is 13.6. The first-order chi connectivity index (χ1) is 16.7. The Kier molecular flexibility index (Phi) is 7.97. The van der Waals surface area contributed by atoms with Crippen LogP contribution in [0.5, 0.6) is 5.75 Å².